The summed E-state index contributed by atoms with van der Waals surface area (Å²) >= 11 is 26.7. The Morgan fingerprint density at radius 3 is 2.46 bits per heavy atom. The number of aromatic nitrogens is 3. The number of rotatable bonds is 3. The smallest absolute Gasteiger partial charge is 0.246 e. The maximum absolute atomic E-state index is 13.6. The van der Waals surface area contributed by atoms with Gasteiger partial charge < -0.3 is 0 Å². The third-order valence-corrected chi connectivity index (χ3v) is 10.9. The Balaban J connectivity index is 1.49. The third-order valence-electron chi connectivity index (χ3n) is 6.40. The van der Waals surface area contributed by atoms with Crippen molar-refractivity contribution in [1.29, 1.82) is 0 Å². The molecule has 2 aromatic carbocycles. The van der Waals surface area contributed by atoms with Gasteiger partial charge in [-0.25, -0.2) is 8.42 Å². The van der Waals surface area contributed by atoms with E-state index in [4.69, 9.17) is 51.4 Å². The second-order valence-corrected chi connectivity index (χ2v) is 13.2. The van der Waals surface area contributed by atoms with Crippen molar-refractivity contribution < 1.29 is 8.42 Å². The topological polar surface area (TPSA) is 80.5 Å². The van der Waals surface area contributed by atoms with Crippen molar-refractivity contribution in [2.45, 2.75) is 31.3 Å². The molecule has 6 rings (SSSR count). The van der Waals surface area contributed by atoms with Crippen molar-refractivity contribution in [2.75, 3.05) is 6.54 Å². The van der Waals surface area contributed by atoms with Gasteiger partial charge in [-0.15, -0.1) is 21.5 Å². The van der Waals surface area contributed by atoms with Gasteiger partial charge in [0.1, 0.15) is 22.3 Å². The van der Waals surface area contributed by atoms with E-state index in [-0.39, 0.29) is 33.1 Å². The summed E-state index contributed by atoms with van der Waals surface area (Å²) in [7, 11) is -3.99. The molecule has 0 atom stereocenters. The summed E-state index contributed by atoms with van der Waals surface area (Å²) < 4.78 is 30.7. The summed E-state index contributed by atoms with van der Waals surface area (Å²) in [6.07, 6.45) is 0.475. The highest BCUT2D eigenvalue weighted by molar-refractivity contribution is 7.89. The van der Waals surface area contributed by atoms with Gasteiger partial charge in [-0.3, -0.25) is 9.56 Å². The second kappa shape index (κ2) is 9.34. The number of nitrogens with zero attached hydrogens (tertiary/aromatic N) is 5. The molecular weight excluding hydrogens is 596 g/mol. The molecule has 0 unspecified atom stereocenters. The number of halogens is 4. The molecule has 0 saturated carbocycles. The molecule has 7 nitrogen and oxygen atoms in total. The van der Waals surface area contributed by atoms with Crippen LogP contribution in [0.3, 0.4) is 0 Å². The SMILES string of the molecule is Cc1nnc2n1-c1sc3c(c1C(c1ccccc1Cl)=NC2)CCN(S(=O)(=O)c1c(Cl)cc(Cl)cc1Cl)C3. The van der Waals surface area contributed by atoms with E-state index in [1.165, 1.54) is 27.8 Å². The summed E-state index contributed by atoms with van der Waals surface area (Å²) in [5, 5.41) is 10.3. The van der Waals surface area contributed by atoms with Crippen molar-refractivity contribution >= 4 is 73.5 Å². The maximum atomic E-state index is 13.6. The standard InChI is InChI=1S/C24H17Cl4N5O2S2/c1-12-30-31-20-10-29-22(14-4-2-3-5-16(14)26)21-15-6-7-32(11-19(15)36-24(21)33(12)20)37(34,35)23-17(27)8-13(25)9-18(23)28/h2-5,8-9H,6-7,10-11H2,1H3. The first-order valence-electron chi connectivity index (χ1n) is 11.2. The maximum Gasteiger partial charge on any atom is 0.246 e. The largest absolute Gasteiger partial charge is 0.276 e. The lowest BCUT2D eigenvalue weighted by Gasteiger charge is -2.27. The second-order valence-electron chi connectivity index (χ2n) is 8.61. The number of hydrogen-bond donors (Lipinski definition) is 0. The Morgan fingerprint density at radius 2 is 1.73 bits per heavy atom. The first-order chi connectivity index (χ1) is 17.7. The molecule has 4 aromatic rings. The fourth-order valence-electron chi connectivity index (χ4n) is 4.75. The number of fused-ring (bicyclic) bond motifs is 5. The summed E-state index contributed by atoms with van der Waals surface area (Å²) in [6, 6.07) is 10.3. The van der Waals surface area contributed by atoms with Crippen LogP contribution in [0.4, 0.5) is 0 Å². The number of benzene rings is 2. The third kappa shape index (κ3) is 4.12. The van der Waals surface area contributed by atoms with Crippen LogP contribution in [0.15, 0.2) is 46.3 Å². The molecule has 2 aromatic heterocycles. The van der Waals surface area contributed by atoms with Gasteiger partial charge in [-0.05, 0) is 37.1 Å². The van der Waals surface area contributed by atoms with Gasteiger partial charge in [0.15, 0.2) is 5.82 Å². The highest BCUT2D eigenvalue weighted by Crippen LogP contribution is 2.42. The van der Waals surface area contributed by atoms with Crippen LogP contribution in [-0.4, -0.2) is 39.7 Å². The first-order valence-corrected chi connectivity index (χ1v) is 14.9. The fourth-order valence-corrected chi connectivity index (χ4v) is 9.39. The van der Waals surface area contributed by atoms with E-state index < -0.39 is 10.0 Å². The first kappa shape index (κ1) is 25.3. The van der Waals surface area contributed by atoms with Crippen LogP contribution in [0.25, 0.3) is 5.00 Å². The zero-order chi connectivity index (χ0) is 26.1. The number of aryl methyl sites for hydroxylation is 1. The Bertz CT molecular complexity index is 1710. The zero-order valence-electron chi connectivity index (χ0n) is 19.2. The molecule has 4 heterocycles. The molecule has 0 fully saturated rings. The number of thiophene rings is 1. The lowest BCUT2D eigenvalue weighted by atomic mass is 9.96. The van der Waals surface area contributed by atoms with E-state index in [9.17, 15) is 8.42 Å². The quantitative estimate of drug-likeness (QED) is 0.270. The van der Waals surface area contributed by atoms with Crippen LogP contribution in [0.2, 0.25) is 20.1 Å². The van der Waals surface area contributed by atoms with Gasteiger partial charge >= 0.3 is 0 Å². The summed E-state index contributed by atoms with van der Waals surface area (Å²) in [5.74, 6) is 1.44. The lowest BCUT2D eigenvalue weighted by molar-refractivity contribution is 0.395. The van der Waals surface area contributed by atoms with Gasteiger partial charge in [0.05, 0.1) is 15.8 Å². The average molecular weight is 613 g/mol. The molecular formula is C24H17Cl4N5O2S2. The van der Waals surface area contributed by atoms with Crippen LogP contribution in [-0.2, 0) is 29.5 Å². The normalized spacial score (nSPS) is 15.5. The van der Waals surface area contributed by atoms with Crippen LogP contribution in [0.1, 0.15) is 33.2 Å². The van der Waals surface area contributed by atoms with Crippen LogP contribution in [0, 0.1) is 6.92 Å². The minimum absolute atomic E-state index is 0.0110. The monoisotopic (exact) mass is 611 g/mol. The molecule has 0 N–H and O–H groups in total. The van der Waals surface area contributed by atoms with E-state index in [0.717, 1.165) is 38.1 Å². The fraction of sp³-hybridized carbons (Fsp3) is 0.208. The zero-order valence-corrected chi connectivity index (χ0v) is 23.8. The van der Waals surface area contributed by atoms with Crippen LogP contribution >= 0.6 is 57.7 Å². The molecule has 190 valence electrons. The van der Waals surface area contributed by atoms with E-state index in [2.05, 4.69) is 10.2 Å². The number of hydrogen-bond acceptors (Lipinski definition) is 6. The Kier molecular flexibility index (Phi) is 6.39. The predicted octanol–water partition coefficient (Wildman–Crippen LogP) is 6.35. The Labute approximate surface area is 237 Å². The molecule has 0 amide bonds. The van der Waals surface area contributed by atoms with E-state index in [1.807, 2.05) is 35.8 Å². The molecule has 0 bridgehead atoms. The molecule has 2 aliphatic heterocycles. The van der Waals surface area contributed by atoms with Gasteiger partial charge in [-0.1, -0.05) is 64.6 Å². The molecule has 0 radical (unpaired) electrons. The minimum atomic E-state index is -3.99. The van der Waals surface area contributed by atoms with Gasteiger partial charge in [-0.2, -0.15) is 4.31 Å². The van der Waals surface area contributed by atoms with E-state index >= 15 is 0 Å². The van der Waals surface area contributed by atoms with Crippen molar-refractivity contribution in [3.05, 3.63) is 89.7 Å². The molecule has 0 spiro atoms. The summed E-state index contributed by atoms with van der Waals surface area (Å²) in [5.41, 5.74) is 3.56. The van der Waals surface area contributed by atoms with Crippen LogP contribution in [0.5, 0.6) is 0 Å². The van der Waals surface area contributed by atoms with E-state index in [0.29, 0.717) is 23.8 Å². The molecule has 0 aliphatic carbocycles. The van der Waals surface area contributed by atoms with Crippen molar-refractivity contribution in [3.8, 4) is 5.00 Å². The Hall–Kier alpha value is -1.98. The van der Waals surface area contributed by atoms with Gasteiger partial charge in [0.25, 0.3) is 0 Å². The minimum Gasteiger partial charge on any atom is -0.276 e. The summed E-state index contributed by atoms with van der Waals surface area (Å²) in [6.45, 7) is 2.65. The average Bonchev–Trinajstić information content (AvgIpc) is 3.34. The van der Waals surface area contributed by atoms with Crippen molar-refractivity contribution in [1.82, 2.24) is 19.1 Å². The van der Waals surface area contributed by atoms with Gasteiger partial charge in [0.2, 0.25) is 10.0 Å². The highest BCUT2D eigenvalue weighted by Gasteiger charge is 2.37. The van der Waals surface area contributed by atoms with Gasteiger partial charge in [0, 0.05) is 39.1 Å². The number of sulfonamides is 1. The number of aliphatic imine (C=N–C) groups is 1. The molecule has 37 heavy (non-hydrogen) atoms. The van der Waals surface area contributed by atoms with Crippen molar-refractivity contribution in [3.63, 3.8) is 0 Å². The molecule has 0 saturated heterocycles. The lowest BCUT2D eigenvalue weighted by Crippen LogP contribution is -2.36. The van der Waals surface area contributed by atoms with Crippen LogP contribution < -0.4 is 0 Å². The van der Waals surface area contributed by atoms with E-state index in [1.54, 1.807) is 0 Å². The molecule has 2 aliphatic rings. The molecule has 13 heteroatoms. The Morgan fingerprint density at radius 1 is 1.00 bits per heavy atom. The highest BCUT2D eigenvalue weighted by atomic mass is 35.5. The summed E-state index contributed by atoms with van der Waals surface area (Å²) in [4.78, 5) is 5.68. The van der Waals surface area contributed by atoms with Crippen molar-refractivity contribution in [2.24, 2.45) is 4.99 Å². The predicted molar refractivity (Wildman–Crippen MR) is 148 cm³/mol.